The van der Waals surface area contributed by atoms with Gasteiger partial charge in [0.2, 0.25) is 0 Å². The Bertz CT molecular complexity index is 721. The van der Waals surface area contributed by atoms with Crippen LogP contribution in [-0.4, -0.2) is 12.7 Å². The van der Waals surface area contributed by atoms with Crippen LogP contribution in [0.25, 0.3) is 0 Å². The van der Waals surface area contributed by atoms with Gasteiger partial charge in [-0.2, -0.15) is 0 Å². The number of hydrogen-bond donors (Lipinski definition) is 1. The summed E-state index contributed by atoms with van der Waals surface area (Å²) in [5.41, 5.74) is 2.31. The van der Waals surface area contributed by atoms with E-state index in [1.807, 2.05) is 12.1 Å². The van der Waals surface area contributed by atoms with Gasteiger partial charge in [0.25, 0.3) is 5.91 Å². The Balaban J connectivity index is 1.78. The van der Waals surface area contributed by atoms with Crippen LogP contribution in [0.4, 0.5) is 0 Å². The zero-order valence-electron chi connectivity index (χ0n) is 11.6. The second kappa shape index (κ2) is 6.69. The van der Waals surface area contributed by atoms with Crippen LogP contribution in [0, 0.1) is 0 Å². The van der Waals surface area contributed by atoms with Crippen molar-refractivity contribution in [3.63, 3.8) is 0 Å². The predicted octanol–water partition coefficient (Wildman–Crippen LogP) is 3.90. The first kappa shape index (κ1) is 15.3. The number of fused-ring (bicyclic) bond motifs is 1. The summed E-state index contributed by atoms with van der Waals surface area (Å²) >= 11 is 9.49. The van der Waals surface area contributed by atoms with Crippen molar-refractivity contribution in [2.75, 3.05) is 6.79 Å². The fraction of sp³-hybridized carbons (Fsp3) is 0.188. The first-order valence-corrected chi connectivity index (χ1v) is 7.87. The molecule has 6 heteroatoms. The Labute approximate surface area is 141 Å². The molecule has 114 valence electrons. The predicted molar refractivity (Wildman–Crippen MR) is 87.0 cm³/mol. The molecule has 0 saturated carbocycles. The summed E-state index contributed by atoms with van der Waals surface area (Å²) < 4.78 is 11.7. The van der Waals surface area contributed by atoms with E-state index < -0.39 is 0 Å². The Morgan fingerprint density at radius 1 is 1.32 bits per heavy atom. The van der Waals surface area contributed by atoms with Crippen LogP contribution in [0.15, 0.2) is 40.9 Å². The van der Waals surface area contributed by atoms with E-state index in [0.29, 0.717) is 23.7 Å². The number of amides is 1. The van der Waals surface area contributed by atoms with Gasteiger partial charge in [-0.15, -0.1) is 0 Å². The molecule has 0 atom stereocenters. The molecule has 1 heterocycles. The van der Waals surface area contributed by atoms with Crippen molar-refractivity contribution in [2.24, 2.45) is 0 Å². The second-order valence-corrected chi connectivity index (χ2v) is 6.15. The van der Waals surface area contributed by atoms with Gasteiger partial charge in [-0.05, 0) is 24.3 Å². The Hall–Kier alpha value is -1.56. The number of rotatable bonds is 3. The van der Waals surface area contributed by atoms with Gasteiger partial charge >= 0.3 is 0 Å². The van der Waals surface area contributed by atoms with Crippen molar-refractivity contribution in [1.82, 2.24) is 5.32 Å². The first-order valence-electron chi connectivity index (χ1n) is 6.69. The molecule has 2 aromatic carbocycles. The lowest BCUT2D eigenvalue weighted by Crippen LogP contribution is -2.24. The lowest BCUT2D eigenvalue weighted by atomic mass is 10.1. The molecule has 0 spiro atoms. The molecule has 1 amide bonds. The first-order chi connectivity index (χ1) is 10.6. The van der Waals surface area contributed by atoms with Gasteiger partial charge in [0.15, 0.2) is 6.79 Å². The molecule has 0 aromatic heterocycles. The lowest BCUT2D eigenvalue weighted by molar-refractivity contribution is -0.0171. The van der Waals surface area contributed by atoms with E-state index in [-0.39, 0.29) is 12.7 Å². The summed E-state index contributed by atoms with van der Waals surface area (Å²) in [6.45, 7) is 1.08. The van der Waals surface area contributed by atoms with Crippen molar-refractivity contribution in [3.05, 3.63) is 62.6 Å². The van der Waals surface area contributed by atoms with Gasteiger partial charge < -0.3 is 14.8 Å². The van der Waals surface area contributed by atoms with Crippen LogP contribution in [0.3, 0.4) is 0 Å². The van der Waals surface area contributed by atoms with Crippen molar-refractivity contribution in [3.8, 4) is 5.75 Å². The van der Waals surface area contributed by atoms with E-state index in [9.17, 15) is 4.79 Å². The number of nitrogens with one attached hydrogen (secondary N) is 1. The Morgan fingerprint density at radius 3 is 2.95 bits per heavy atom. The highest BCUT2D eigenvalue weighted by molar-refractivity contribution is 9.10. The molecule has 22 heavy (non-hydrogen) atoms. The average molecular weight is 383 g/mol. The molecule has 0 saturated heterocycles. The monoisotopic (exact) mass is 381 g/mol. The molecule has 1 N–H and O–H groups in total. The molecule has 1 aliphatic rings. The minimum atomic E-state index is -0.216. The summed E-state index contributed by atoms with van der Waals surface area (Å²) in [6.07, 6.45) is 0. The van der Waals surface area contributed by atoms with Crippen molar-refractivity contribution in [2.45, 2.75) is 13.2 Å². The summed E-state index contributed by atoms with van der Waals surface area (Å²) in [5, 5.41) is 3.30. The van der Waals surface area contributed by atoms with E-state index in [0.717, 1.165) is 21.3 Å². The molecule has 0 aliphatic carbocycles. The van der Waals surface area contributed by atoms with E-state index in [1.54, 1.807) is 24.3 Å². The van der Waals surface area contributed by atoms with Gasteiger partial charge in [-0.3, -0.25) is 4.79 Å². The van der Waals surface area contributed by atoms with E-state index in [4.69, 9.17) is 21.1 Å². The smallest absolute Gasteiger partial charge is 0.253 e. The van der Waals surface area contributed by atoms with Gasteiger partial charge in [0.05, 0.1) is 17.2 Å². The molecule has 4 nitrogen and oxygen atoms in total. The maximum Gasteiger partial charge on any atom is 0.253 e. The highest BCUT2D eigenvalue weighted by Gasteiger charge is 2.17. The molecular weight excluding hydrogens is 370 g/mol. The van der Waals surface area contributed by atoms with Crippen molar-refractivity contribution in [1.29, 1.82) is 0 Å². The van der Waals surface area contributed by atoms with Crippen LogP contribution in [0.2, 0.25) is 5.02 Å². The topological polar surface area (TPSA) is 47.6 Å². The van der Waals surface area contributed by atoms with Gasteiger partial charge in [-0.1, -0.05) is 39.7 Å². The number of ether oxygens (including phenoxy) is 2. The summed E-state index contributed by atoms with van der Waals surface area (Å²) in [6, 6.07) is 10.8. The zero-order valence-corrected chi connectivity index (χ0v) is 13.9. The fourth-order valence-corrected chi connectivity index (χ4v) is 3.08. The molecule has 3 rings (SSSR count). The third kappa shape index (κ3) is 3.27. The SMILES string of the molecule is O=C(NCc1cc(Br)cc2c1OCOC2)c1ccccc1Cl. The molecule has 0 unspecified atom stereocenters. The standard InChI is InChI=1S/C16H13BrClNO3/c17-12-5-10(15-11(6-12)8-21-9-22-15)7-19-16(20)13-3-1-2-4-14(13)18/h1-6H,7-9H2,(H,19,20). The molecule has 0 bridgehead atoms. The van der Waals surface area contributed by atoms with Crippen LogP contribution in [-0.2, 0) is 17.9 Å². The Morgan fingerprint density at radius 2 is 2.14 bits per heavy atom. The van der Waals surface area contributed by atoms with E-state index in [2.05, 4.69) is 21.2 Å². The highest BCUT2D eigenvalue weighted by Crippen LogP contribution is 2.31. The van der Waals surface area contributed by atoms with Crippen molar-refractivity contribution < 1.29 is 14.3 Å². The van der Waals surface area contributed by atoms with Crippen LogP contribution in [0.1, 0.15) is 21.5 Å². The number of carbonyl (C=O) groups excluding carboxylic acids is 1. The van der Waals surface area contributed by atoms with Crippen molar-refractivity contribution >= 4 is 33.4 Å². The zero-order chi connectivity index (χ0) is 15.5. The Kier molecular flexibility index (Phi) is 4.66. The largest absolute Gasteiger partial charge is 0.467 e. The number of benzene rings is 2. The molecule has 0 fully saturated rings. The lowest BCUT2D eigenvalue weighted by Gasteiger charge is -2.21. The van der Waals surface area contributed by atoms with E-state index >= 15 is 0 Å². The van der Waals surface area contributed by atoms with Crippen LogP contribution >= 0.6 is 27.5 Å². The maximum atomic E-state index is 12.2. The second-order valence-electron chi connectivity index (χ2n) is 4.83. The molecular formula is C16H13BrClNO3. The minimum Gasteiger partial charge on any atom is -0.467 e. The normalized spacial score (nSPS) is 13.2. The van der Waals surface area contributed by atoms with E-state index in [1.165, 1.54) is 0 Å². The average Bonchev–Trinajstić information content (AvgIpc) is 2.52. The quantitative estimate of drug-likeness (QED) is 0.876. The number of carbonyl (C=O) groups is 1. The summed E-state index contributed by atoms with van der Waals surface area (Å²) in [5.74, 6) is 0.556. The highest BCUT2D eigenvalue weighted by atomic mass is 79.9. The maximum absolute atomic E-state index is 12.2. The van der Waals surface area contributed by atoms with Crippen LogP contribution in [0.5, 0.6) is 5.75 Å². The number of halogens is 2. The van der Waals surface area contributed by atoms with Gasteiger partial charge in [-0.25, -0.2) is 0 Å². The van der Waals surface area contributed by atoms with Gasteiger partial charge in [0, 0.05) is 22.1 Å². The van der Waals surface area contributed by atoms with Gasteiger partial charge in [0.1, 0.15) is 5.75 Å². The minimum absolute atomic E-state index is 0.216. The third-order valence-electron chi connectivity index (χ3n) is 3.31. The summed E-state index contributed by atoms with van der Waals surface area (Å²) in [7, 11) is 0. The third-order valence-corrected chi connectivity index (χ3v) is 4.10. The van der Waals surface area contributed by atoms with Crippen LogP contribution < -0.4 is 10.1 Å². The fourth-order valence-electron chi connectivity index (χ4n) is 2.30. The number of hydrogen-bond acceptors (Lipinski definition) is 3. The molecule has 1 aliphatic heterocycles. The molecule has 2 aromatic rings. The summed E-state index contributed by atoms with van der Waals surface area (Å²) in [4.78, 5) is 12.2. The molecule has 0 radical (unpaired) electrons.